The number of hydrogen-bond acceptors (Lipinski definition) is 8. The summed E-state index contributed by atoms with van der Waals surface area (Å²) < 4.78 is 15.1. The first-order valence-corrected chi connectivity index (χ1v) is 14.9. The van der Waals surface area contributed by atoms with Crippen molar-refractivity contribution < 1.29 is 19.1 Å². The van der Waals surface area contributed by atoms with Crippen molar-refractivity contribution in [2.45, 2.75) is 46.3 Å². The Balaban J connectivity index is 1.64. The molecule has 3 atom stereocenters. The van der Waals surface area contributed by atoms with E-state index in [1.807, 2.05) is 83.9 Å². The Morgan fingerprint density at radius 3 is 2.02 bits per heavy atom. The Bertz CT molecular complexity index is 1490. The summed E-state index contributed by atoms with van der Waals surface area (Å²) >= 11 is 3.09. The van der Waals surface area contributed by atoms with E-state index in [1.54, 1.807) is 31.8 Å². The number of carbonyl (C=O) groups excluding carboxylic acids is 2. The van der Waals surface area contributed by atoms with Gasteiger partial charge in [0.1, 0.15) is 0 Å². The van der Waals surface area contributed by atoms with Gasteiger partial charge in [-0.05, 0) is 38.1 Å². The van der Waals surface area contributed by atoms with Crippen molar-refractivity contribution >= 4 is 35.5 Å². The largest absolute Gasteiger partial charge is 0.466 e. The highest BCUT2D eigenvalue weighted by molar-refractivity contribution is 7.99. The van der Waals surface area contributed by atoms with Gasteiger partial charge < -0.3 is 18.6 Å². The highest BCUT2D eigenvalue weighted by Crippen LogP contribution is 2.46. The zero-order valence-corrected chi connectivity index (χ0v) is 24.6. The van der Waals surface area contributed by atoms with Crippen LogP contribution in [0.1, 0.15) is 36.8 Å². The van der Waals surface area contributed by atoms with Gasteiger partial charge in [0.25, 0.3) is 0 Å². The topological polar surface area (TPSA) is 88.2 Å². The number of carbonyl (C=O) groups is 2. The van der Waals surface area contributed by atoms with Gasteiger partial charge in [0.05, 0.1) is 42.9 Å². The Kier molecular flexibility index (Phi) is 8.66. The highest BCUT2D eigenvalue weighted by atomic mass is 32.2. The second-order valence-electron chi connectivity index (χ2n) is 9.46. The van der Waals surface area contributed by atoms with E-state index in [0.29, 0.717) is 6.42 Å². The Hall–Kier alpha value is -3.50. The van der Waals surface area contributed by atoms with Crippen LogP contribution < -0.4 is 0 Å². The standard InChI is InChI=1S/C30H32N4O4S2/c1-5-37-27(35)21-17-22-26(32-30(33(22)3)40-20-15-11-8-12-16-20)25(24(21)28(36)38-6-2)23-18-31-29(34(23)4)39-19-13-9-7-10-14-19/h7-16,18,21,24-25H,5-6,17H2,1-4H3/t21-,24+,25-/m0/s1. The summed E-state index contributed by atoms with van der Waals surface area (Å²) in [6.07, 6.45) is 2.12. The van der Waals surface area contributed by atoms with E-state index in [0.717, 1.165) is 37.2 Å². The van der Waals surface area contributed by atoms with E-state index in [-0.39, 0.29) is 13.2 Å². The molecule has 0 saturated carbocycles. The third-order valence-electron chi connectivity index (χ3n) is 7.06. The Morgan fingerprint density at radius 2 is 1.43 bits per heavy atom. The molecule has 0 unspecified atom stereocenters. The fourth-order valence-electron chi connectivity index (χ4n) is 5.17. The highest BCUT2D eigenvalue weighted by Gasteiger charge is 2.50. The molecule has 0 N–H and O–H groups in total. The molecule has 0 bridgehead atoms. The van der Waals surface area contributed by atoms with Crippen LogP contribution in [0.2, 0.25) is 0 Å². The third kappa shape index (κ3) is 5.55. The quantitative estimate of drug-likeness (QED) is 0.241. The van der Waals surface area contributed by atoms with E-state index in [1.165, 1.54) is 11.8 Å². The molecule has 2 aromatic heterocycles. The lowest BCUT2D eigenvalue weighted by Crippen LogP contribution is -2.42. The third-order valence-corrected chi connectivity index (χ3v) is 9.18. The summed E-state index contributed by atoms with van der Waals surface area (Å²) in [5.74, 6) is -2.91. The van der Waals surface area contributed by atoms with E-state index in [4.69, 9.17) is 19.4 Å². The summed E-state index contributed by atoms with van der Waals surface area (Å²) in [6, 6.07) is 20.0. The maximum atomic E-state index is 13.6. The number of nitrogens with zero attached hydrogens (tertiary/aromatic N) is 4. The molecule has 2 aromatic carbocycles. The minimum Gasteiger partial charge on any atom is -0.466 e. The van der Waals surface area contributed by atoms with Crippen LogP contribution in [0.25, 0.3) is 0 Å². The fraction of sp³-hybridized carbons (Fsp3) is 0.333. The first-order valence-electron chi connectivity index (χ1n) is 13.3. The smallest absolute Gasteiger partial charge is 0.310 e. The van der Waals surface area contributed by atoms with Crippen LogP contribution in [-0.4, -0.2) is 44.3 Å². The van der Waals surface area contributed by atoms with Gasteiger partial charge in [0, 0.05) is 41.7 Å². The zero-order chi connectivity index (χ0) is 28.2. The van der Waals surface area contributed by atoms with Crippen molar-refractivity contribution in [3.8, 4) is 0 Å². The fourth-order valence-corrected chi connectivity index (χ4v) is 6.92. The number of ether oxygens (including phenoxy) is 2. The summed E-state index contributed by atoms with van der Waals surface area (Å²) in [6.45, 7) is 3.99. The van der Waals surface area contributed by atoms with Crippen molar-refractivity contribution in [1.29, 1.82) is 0 Å². The Labute approximate surface area is 242 Å². The molecule has 1 aliphatic rings. The second kappa shape index (κ2) is 12.3. The number of esters is 2. The second-order valence-corrected chi connectivity index (χ2v) is 11.5. The molecule has 5 rings (SSSR count). The molecule has 4 aromatic rings. The number of rotatable bonds is 9. The van der Waals surface area contributed by atoms with Gasteiger partial charge in [0.2, 0.25) is 0 Å². The van der Waals surface area contributed by atoms with Gasteiger partial charge in [0.15, 0.2) is 10.3 Å². The molecule has 0 aliphatic heterocycles. The zero-order valence-electron chi connectivity index (χ0n) is 22.9. The SMILES string of the molecule is CCOC(=O)[C@H]1[C@H](c2cnc(Sc3ccccc3)n2C)c2nc(Sc3ccccc3)n(C)c2C[C@@H]1C(=O)OCC. The van der Waals surface area contributed by atoms with E-state index in [2.05, 4.69) is 0 Å². The molecule has 40 heavy (non-hydrogen) atoms. The maximum absolute atomic E-state index is 13.6. The predicted molar refractivity (Wildman–Crippen MR) is 153 cm³/mol. The van der Waals surface area contributed by atoms with Crippen molar-refractivity contribution in [2.24, 2.45) is 25.9 Å². The van der Waals surface area contributed by atoms with Crippen LogP contribution >= 0.6 is 23.5 Å². The minimum atomic E-state index is -0.805. The average Bonchev–Trinajstić information content (AvgIpc) is 3.47. The van der Waals surface area contributed by atoms with Crippen LogP contribution in [-0.2, 0) is 39.6 Å². The normalized spacial score (nSPS) is 18.2. The van der Waals surface area contributed by atoms with Crippen LogP contribution in [0.3, 0.4) is 0 Å². The van der Waals surface area contributed by atoms with Crippen LogP contribution in [0.15, 0.2) is 87.0 Å². The van der Waals surface area contributed by atoms with Crippen molar-refractivity contribution in [3.63, 3.8) is 0 Å². The molecule has 208 valence electrons. The lowest BCUT2D eigenvalue weighted by atomic mass is 9.71. The van der Waals surface area contributed by atoms with Crippen molar-refractivity contribution in [1.82, 2.24) is 19.1 Å². The summed E-state index contributed by atoms with van der Waals surface area (Å²) in [5.41, 5.74) is 2.46. The number of fused-ring (bicyclic) bond motifs is 1. The average molecular weight is 577 g/mol. The van der Waals surface area contributed by atoms with Crippen molar-refractivity contribution in [2.75, 3.05) is 13.2 Å². The minimum absolute atomic E-state index is 0.211. The molecule has 8 nitrogen and oxygen atoms in total. The number of aromatic nitrogens is 4. The predicted octanol–water partition coefficient (Wildman–Crippen LogP) is 5.50. The van der Waals surface area contributed by atoms with Crippen LogP contribution in [0.4, 0.5) is 0 Å². The number of benzene rings is 2. The van der Waals surface area contributed by atoms with Crippen LogP contribution in [0, 0.1) is 11.8 Å². The van der Waals surface area contributed by atoms with Gasteiger partial charge in [-0.1, -0.05) is 59.9 Å². The van der Waals surface area contributed by atoms with E-state index in [9.17, 15) is 9.59 Å². The monoisotopic (exact) mass is 576 g/mol. The molecule has 0 amide bonds. The molecular formula is C30H32N4O4S2. The number of hydrogen-bond donors (Lipinski definition) is 0. The molecule has 10 heteroatoms. The molecule has 0 saturated heterocycles. The van der Waals surface area contributed by atoms with Gasteiger partial charge in [-0.3, -0.25) is 9.59 Å². The summed E-state index contributed by atoms with van der Waals surface area (Å²) in [4.78, 5) is 38.9. The van der Waals surface area contributed by atoms with E-state index >= 15 is 0 Å². The van der Waals surface area contributed by atoms with Gasteiger partial charge in [-0.2, -0.15) is 0 Å². The van der Waals surface area contributed by atoms with Gasteiger partial charge >= 0.3 is 11.9 Å². The summed E-state index contributed by atoms with van der Waals surface area (Å²) in [7, 11) is 3.90. The van der Waals surface area contributed by atoms with Gasteiger partial charge in [-0.25, -0.2) is 9.97 Å². The van der Waals surface area contributed by atoms with Crippen molar-refractivity contribution in [3.05, 3.63) is 83.9 Å². The molecule has 0 spiro atoms. The molecule has 0 fully saturated rings. The van der Waals surface area contributed by atoms with Crippen LogP contribution in [0.5, 0.6) is 0 Å². The Morgan fingerprint density at radius 1 is 0.850 bits per heavy atom. The first-order chi connectivity index (χ1) is 19.4. The maximum Gasteiger partial charge on any atom is 0.310 e. The lowest BCUT2D eigenvalue weighted by Gasteiger charge is -2.35. The lowest BCUT2D eigenvalue weighted by molar-refractivity contribution is -0.161. The molecular weight excluding hydrogens is 544 g/mol. The molecule has 0 radical (unpaired) electrons. The van der Waals surface area contributed by atoms with E-state index < -0.39 is 29.7 Å². The number of imidazole rings is 2. The molecule has 2 heterocycles. The molecule has 1 aliphatic carbocycles. The first kappa shape index (κ1) is 28.0. The summed E-state index contributed by atoms with van der Waals surface area (Å²) in [5, 5.41) is 1.56. The van der Waals surface area contributed by atoms with Gasteiger partial charge in [-0.15, -0.1) is 0 Å².